The van der Waals surface area contributed by atoms with Crippen LogP contribution in [0, 0.1) is 94.7 Å². The van der Waals surface area contributed by atoms with E-state index in [1.54, 1.807) is 0 Å². The molecule has 4 unspecified atom stereocenters. The Morgan fingerprint density at radius 1 is 0.283 bits per heavy atom. The summed E-state index contributed by atoms with van der Waals surface area (Å²) in [5, 5.41) is 0. The van der Waals surface area contributed by atoms with Crippen molar-refractivity contribution in [3.8, 4) is 0 Å². The van der Waals surface area contributed by atoms with Crippen LogP contribution in [0.3, 0.4) is 0 Å². The molecule has 522 valence electrons. The summed E-state index contributed by atoms with van der Waals surface area (Å²) in [6, 6.07) is 0. The molecule has 4 spiro atoms. The minimum Gasteiger partial charge on any atom is -0.351 e. The molecule has 16 aliphatic heterocycles. The molecule has 92 heavy (non-hydrogen) atoms. The van der Waals surface area contributed by atoms with E-state index >= 15 is 0 Å². The van der Waals surface area contributed by atoms with Gasteiger partial charge in [0.05, 0.1) is 26.4 Å². The molecule has 22 nitrogen and oxygen atoms in total. The van der Waals surface area contributed by atoms with Gasteiger partial charge in [-0.1, -0.05) is 55.4 Å². The SMILES string of the molecule is C[C@@H]1CC[C@H]2[C@@H](C)C(OCCN(CCOC3O[C@@H]4O[C@]5(C)CC[C@H]6[C@H](C)CC[C@@H]([C@H]3C)[C@@]46OO5)CCN(CCOC3O[C@@H]4O[C@]5(C)CC[C@H]6[C@H](C)CC[C@@H]([C@H]3C)[C@@]46OO5)CCOC3O[C@@H]4O[C@]5(C)CC[C@H]6[C@H](C)CC[C@@H]([C@H]3C)[C@@]46OO5)O[C@@H]3O[C@]4(C)CC[C@@H]1[C@]32OO4. The summed E-state index contributed by atoms with van der Waals surface area (Å²) in [5.74, 6) is 0.279. The lowest BCUT2D eigenvalue weighted by Gasteiger charge is -2.60. The molecule has 0 radical (unpaired) electrons. The summed E-state index contributed by atoms with van der Waals surface area (Å²) < 4.78 is 82.7. The van der Waals surface area contributed by atoms with Gasteiger partial charge in [0.25, 0.3) is 0 Å². The maximum atomic E-state index is 6.96. The Hall–Kier alpha value is -0.880. The van der Waals surface area contributed by atoms with Crippen molar-refractivity contribution in [2.75, 3.05) is 65.7 Å². The van der Waals surface area contributed by atoms with Gasteiger partial charge in [-0.15, -0.1) is 0 Å². The Morgan fingerprint density at radius 3 is 0.739 bits per heavy atom. The highest BCUT2D eigenvalue weighted by Gasteiger charge is 2.74. The second-order valence-electron chi connectivity index (χ2n) is 33.3. The molecule has 20 rings (SSSR count). The first-order chi connectivity index (χ1) is 44.1. The van der Waals surface area contributed by atoms with Crippen molar-refractivity contribution >= 4 is 0 Å². The average molecular weight is 1300 g/mol. The number of hydrogen-bond donors (Lipinski definition) is 0. The molecule has 0 aromatic rings. The number of hydrogen-bond acceptors (Lipinski definition) is 22. The van der Waals surface area contributed by atoms with Crippen LogP contribution in [-0.4, -0.2) is 171 Å². The van der Waals surface area contributed by atoms with Crippen LogP contribution in [0.5, 0.6) is 0 Å². The van der Waals surface area contributed by atoms with Crippen LogP contribution in [0.1, 0.15) is 186 Å². The molecule has 32 atom stereocenters. The third-order valence-corrected chi connectivity index (χ3v) is 27.9. The molecule has 8 bridgehead atoms. The Kier molecular flexibility index (Phi) is 17.5. The van der Waals surface area contributed by atoms with Crippen molar-refractivity contribution in [1.29, 1.82) is 0 Å². The molecule has 20 aliphatic rings. The predicted octanol–water partition coefficient (Wildman–Crippen LogP) is 10.5. The fourth-order valence-electron chi connectivity index (χ4n) is 22.4. The van der Waals surface area contributed by atoms with E-state index in [9.17, 15) is 0 Å². The summed E-state index contributed by atoms with van der Waals surface area (Å²) in [6.07, 6.45) is 11.1. The predicted molar refractivity (Wildman–Crippen MR) is 324 cm³/mol. The van der Waals surface area contributed by atoms with Gasteiger partial charge in [-0.05, 0) is 152 Å². The lowest BCUT2D eigenvalue weighted by molar-refractivity contribution is -0.577. The first-order valence-electron chi connectivity index (χ1n) is 36.8. The minimum absolute atomic E-state index is 0.0484. The molecule has 16 heterocycles. The molecule has 4 saturated carbocycles. The standard InChI is InChI=1S/C70H112N2O20/c1-39-13-17-51-43(5)55(77-59-67(51)47(39)21-25-63(9,81-59)85-89-67)73-35-31-71(32-36-74-56-44(6)52-18-14-40(2)48-22-26-64(10)82-60(78-56)68(48,52)90-86-64)29-30-72(33-37-75-57-45(7)53-19-15-41(3)49-23-27-65(11)83-61(79-57)69(49,53)91-87-65)34-38-76-58-46(8)54-20-16-42(4)50-24-28-66(12)84-62(80-58)70(50,54)92-88-66/h39-62H,13-38H2,1-12H3/t39-,40-,41-,42-,43-,44-,45-,46-,47+,48+,49+,50+,51+,52+,53+,54+,55?,56?,57?,58?,59-,60-,61-,62-,63+,64+,65+,66+,67-,68-,69-,70-/m1/s1. The summed E-state index contributed by atoms with van der Waals surface area (Å²) in [7, 11) is 0. The Labute approximate surface area is 545 Å². The molecule has 0 aromatic carbocycles. The molecule has 20 fully saturated rings. The van der Waals surface area contributed by atoms with E-state index < -0.39 is 95.9 Å². The van der Waals surface area contributed by atoms with Crippen molar-refractivity contribution in [3.05, 3.63) is 0 Å². The lowest BCUT2D eigenvalue weighted by atomic mass is 9.58. The van der Waals surface area contributed by atoms with Gasteiger partial charge in [0.1, 0.15) is 0 Å². The van der Waals surface area contributed by atoms with Gasteiger partial charge in [-0.2, -0.15) is 0 Å². The summed E-state index contributed by atoms with van der Waals surface area (Å²) in [4.78, 5) is 55.6. The quantitative estimate of drug-likeness (QED) is 0.111. The van der Waals surface area contributed by atoms with E-state index in [0.29, 0.717) is 89.4 Å². The van der Waals surface area contributed by atoms with Crippen molar-refractivity contribution in [2.24, 2.45) is 94.7 Å². The zero-order valence-electron chi connectivity index (χ0n) is 57.3. The highest BCUT2D eigenvalue weighted by atomic mass is 17.3. The number of nitrogens with zero attached hydrogens (tertiary/aromatic N) is 2. The molecule has 0 aromatic heterocycles. The van der Waals surface area contributed by atoms with Crippen molar-refractivity contribution in [2.45, 2.75) is 282 Å². The fourth-order valence-corrected chi connectivity index (χ4v) is 22.4. The number of ether oxygens (including phenoxy) is 12. The van der Waals surface area contributed by atoms with Gasteiger partial charge >= 0.3 is 0 Å². The first kappa shape index (κ1) is 65.7. The summed E-state index contributed by atoms with van der Waals surface area (Å²) >= 11 is 0. The lowest BCUT2D eigenvalue weighted by Crippen LogP contribution is -2.70. The largest absolute Gasteiger partial charge is 0.351 e. The third-order valence-electron chi connectivity index (χ3n) is 27.9. The van der Waals surface area contributed by atoms with E-state index in [1.807, 2.05) is 27.7 Å². The Morgan fingerprint density at radius 2 is 0.511 bits per heavy atom. The maximum absolute atomic E-state index is 6.96. The minimum atomic E-state index is -0.873. The van der Waals surface area contributed by atoms with Crippen molar-refractivity contribution in [1.82, 2.24) is 9.80 Å². The van der Waals surface area contributed by atoms with E-state index in [0.717, 1.165) is 103 Å². The van der Waals surface area contributed by atoms with Gasteiger partial charge in [0, 0.05) is 112 Å². The monoisotopic (exact) mass is 1300 g/mol. The Balaban J connectivity index is 0.634. The van der Waals surface area contributed by atoms with Crippen LogP contribution < -0.4 is 0 Å². The van der Waals surface area contributed by atoms with Gasteiger partial charge in [-0.3, -0.25) is 9.80 Å². The van der Waals surface area contributed by atoms with Crippen molar-refractivity contribution in [3.63, 3.8) is 0 Å². The number of rotatable bonds is 19. The molecular weight excluding hydrogens is 1190 g/mol. The third kappa shape index (κ3) is 10.5. The van der Waals surface area contributed by atoms with E-state index in [2.05, 4.69) is 65.2 Å². The fraction of sp³-hybridized carbons (Fsp3) is 1.00. The average Bonchev–Trinajstić information content (AvgIpc) is 1.34. The summed E-state index contributed by atoms with van der Waals surface area (Å²) in [6.45, 7) is 32.0. The highest BCUT2D eigenvalue weighted by molar-refractivity contribution is 5.13. The molecule has 0 amide bonds. The molecular formula is C70H112N2O20. The van der Waals surface area contributed by atoms with Gasteiger partial charge in [-0.25, -0.2) is 39.1 Å². The van der Waals surface area contributed by atoms with Crippen LogP contribution in [-0.2, 0) is 95.9 Å². The van der Waals surface area contributed by atoms with Crippen LogP contribution in [0.4, 0.5) is 0 Å². The Bertz CT molecular complexity index is 2300. The van der Waals surface area contributed by atoms with Gasteiger partial charge in [0.15, 0.2) is 72.7 Å². The topological polar surface area (TPSA) is 191 Å². The molecule has 16 saturated heterocycles. The van der Waals surface area contributed by atoms with Crippen LogP contribution in [0.2, 0.25) is 0 Å². The van der Waals surface area contributed by atoms with Gasteiger partial charge < -0.3 is 56.8 Å². The smallest absolute Gasteiger partial charge is 0.201 e. The van der Waals surface area contributed by atoms with Gasteiger partial charge in [0.2, 0.25) is 23.1 Å². The van der Waals surface area contributed by atoms with Crippen molar-refractivity contribution < 1.29 is 95.9 Å². The van der Waals surface area contributed by atoms with Crippen LogP contribution >= 0.6 is 0 Å². The van der Waals surface area contributed by atoms with E-state index in [1.165, 1.54) is 0 Å². The zero-order valence-corrected chi connectivity index (χ0v) is 57.3. The molecule has 22 heteroatoms. The molecule has 0 N–H and O–H groups in total. The highest BCUT2D eigenvalue weighted by Crippen LogP contribution is 2.66. The first-order valence-corrected chi connectivity index (χ1v) is 36.8. The normalized spacial score (nSPS) is 56.0. The number of fused-ring (bicyclic) bond motifs is 8. The second kappa shape index (κ2) is 24.4. The van der Waals surface area contributed by atoms with Crippen LogP contribution in [0.15, 0.2) is 0 Å². The second-order valence-corrected chi connectivity index (χ2v) is 33.3. The summed E-state index contributed by atoms with van der Waals surface area (Å²) in [5.41, 5.74) is -2.68. The van der Waals surface area contributed by atoms with E-state index in [4.69, 9.17) is 95.9 Å². The van der Waals surface area contributed by atoms with Crippen LogP contribution in [0.25, 0.3) is 0 Å². The molecule has 4 aliphatic carbocycles. The zero-order chi connectivity index (χ0) is 63.5. The van der Waals surface area contributed by atoms with E-state index in [-0.39, 0.29) is 71.0 Å². The maximum Gasteiger partial charge on any atom is 0.201 e.